The fourth-order valence-corrected chi connectivity index (χ4v) is 6.62. The predicted molar refractivity (Wildman–Crippen MR) is 127 cm³/mol. The lowest BCUT2D eigenvalue weighted by Crippen LogP contribution is -2.42. The summed E-state index contributed by atoms with van der Waals surface area (Å²) in [5.74, 6) is 1.76. The van der Waals surface area contributed by atoms with E-state index in [-0.39, 0.29) is 23.9 Å². The molecule has 32 heavy (non-hydrogen) atoms. The largest absolute Gasteiger partial charge is 0.305 e. The first-order chi connectivity index (χ1) is 15.3. The summed E-state index contributed by atoms with van der Waals surface area (Å²) in [5, 5.41) is 0.591. The SMILES string of the molecule is C#CCn1c(=NC(=O)C2CCCN(S(=O)(=O)c3ccc(C)cc3)C2)sc2cc(Cl)ccc21. The Kier molecular flexibility index (Phi) is 6.54. The zero-order valence-corrected chi connectivity index (χ0v) is 19.9. The Morgan fingerprint density at radius 3 is 2.75 bits per heavy atom. The molecular weight excluding hydrogens is 466 g/mol. The van der Waals surface area contributed by atoms with Crippen LogP contribution in [-0.2, 0) is 21.4 Å². The summed E-state index contributed by atoms with van der Waals surface area (Å²) in [5.41, 5.74) is 1.84. The number of benzene rings is 2. The van der Waals surface area contributed by atoms with Crippen LogP contribution < -0.4 is 4.80 Å². The Morgan fingerprint density at radius 2 is 2.03 bits per heavy atom. The molecule has 0 aliphatic carbocycles. The van der Waals surface area contributed by atoms with E-state index in [1.165, 1.54) is 15.6 Å². The second kappa shape index (κ2) is 9.20. The van der Waals surface area contributed by atoms with Crippen LogP contribution in [0.4, 0.5) is 0 Å². The maximum absolute atomic E-state index is 13.1. The highest BCUT2D eigenvalue weighted by Crippen LogP contribution is 2.25. The summed E-state index contributed by atoms with van der Waals surface area (Å²) >= 11 is 7.44. The van der Waals surface area contributed by atoms with Crippen molar-refractivity contribution in [2.75, 3.05) is 13.1 Å². The van der Waals surface area contributed by atoms with Gasteiger partial charge in [-0.1, -0.05) is 46.6 Å². The highest BCUT2D eigenvalue weighted by atomic mass is 35.5. The van der Waals surface area contributed by atoms with Crippen LogP contribution in [0.25, 0.3) is 10.2 Å². The summed E-state index contributed by atoms with van der Waals surface area (Å²) in [6.45, 7) is 2.68. The van der Waals surface area contributed by atoms with E-state index < -0.39 is 15.9 Å². The van der Waals surface area contributed by atoms with Crippen LogP contribution in [0, 0.1) is 25.2 Å². The fourth-order valence-electron chi connectivity index (χ4n) is 3.78. The number of nitrogens with zero attached hydrogens (tertiary/aromatic N) is 3. The van der Waals surface area contributed by atoms with Gasteiger partial charge in [0.2, 0.25) is 10.0 Å². The molecule has 0 N–H and O–H groups in total. The van der Waals surface area contributed by atoms with Crippen molar-refractivity contribution in [3.05, 3.63) is 57.9 Å². The maximum Gasteiger partial charge on any atom is 0.252 e. The van der Waals surface area contributed by atoms with Gasteiger partial charge in [-0.25, -0.2) is 8.42 Å². The van der Waals surface area contributed by atoms with Crippen molar-refractivity contribution in [2.24, 2.45) is 10.9 Å². The van der Waals surface area contributed by atoms with Gasteiger partial charge >= 0.3 is 0 Å². The second-order valence-corrected chi connectivity index (χ2v) is 11.1. The van der Waals surface area contributed by atoms with Crippen molar-refractivity contribution in [1.29, 1.82) is 0 Å². The molecule has 1 aromatic heterocycles. The van der Waals surface area contributed by atoms with Crippen LogP contribution in [0.3, 0.4) is 0 Å². The molecule has 0 saturated carbocycles. The lowest BCUT2D eigenvalue weighted by molar-refractivity contribution is -0.122. The number of sulfonamides is 1. The molecule has 0 radical (unpaired) electrons. The van der Waals surface area contributed by atoms with Crippen molar-refractivity contribution in [3.63, 3.8) is 0 Å². The molecule has 0 bridgehead atoms. The number of rotatable bonds is 4. The Morgan fingerprint density at radius 1 is 1.28 bits per heavy atom. The summed E-state index contributed by atoms with van der Waals surface area (Å²) in [6, 6.07) is 12.2. The monoisotopic (exact) mass is 487 g/mol. The number of amides is 1. The molecule has 3 aromatic rings. The number of aromatic nitrogens is 1. The topological polar surface area (TPSA) is 71.7 Å². The van der Waals surface area contributed by atoms with Crippen LogP contribution in [0.2, 0.25) is 5.02 Å². The van der Waals surface area contributed by atoms with Gasteiger partial charge in [0.25, 0.3) is 5.91 Å². The molecule has 4 rings (SSSR count). The minimum absolute atomic E-state index is 0.115. The predicted octanol–water partition coefficient (Wildman–Crippen LogP) is 3.83. The van der Waals surface area contributed by atoms with Gasteiger partial charge in [0.1, 0.15) is 0 Å². The van der Waals surface area contributed by atoms with Gasteiger partial charge < -0.3 is 4.57 Å². The number of piperidine rings is 1. The molecule has 2 heterocycles. The number of carbonyl (C=O) groups is 1. The van der Waals surface area contributed by atoms with E-state index in [2.05, 4.69) is 10.9 Å². The zero-order chi connectivity index (χ0) is 22.9. The minimum Gasteiger partial charge on any atom is -0.305 e. The molecule has 166 valence electrons. The Balaban J connectivity index is 1.63. The quantitative estimate of drug-likeness (QED) is 0.525. The minimum atomic E-state index is -3.66. The van der Waals surface area contributed by atoms with E-state index in [1.54, 1.807) is 34.9 Å². The van der Waals surface area contributed by atoms with Crippen molar-refractivity contribution >= 4 is 49.1 Å². The lowest BCUT2D eigenvalue weighted by atomic mass is 9.99. The van der Waals surface area contributed by atoms with Crippen LogP contribution in [0.1, 0.15) is 18.4 Å². The Hall–Kier alpha value is -2.44. The van der Waals surface area contributed by atoms with Gasteiger partial charge in [0.15, 0.2) is 4.80 Å². The highest BCUT2D eigenvalue weighted by molar-refractivity contribution is 7.89. The third kappa shape index (κ3) is 4.52. The van der Waals surface area contributed by atoms with Crippen LogP contribution >= 0.6 is 22.9 Å². The van der Waals surface area contributed by atoms with Crippen LogP contribution in [0.5, 0.6) is 0 Å². The number of hydrogen-bond donors (Lipinski definition) is 0. The summed E-state index contributed by atoms with van der Waals surface area (Å²) in [4.78, 5) is 18.1. The number of fused-ring (bicyclic) bond motifs is 1. The van der Waals surface area contributed by atoms with E-state index in [1.807, 2.05) is 19.1 Å². The number of aryl methyl sites for hydroxylation is 1. The molecule has 0 spiro atoms. The molecule has 1 unspecified atom stereocenters. The van der Waals surface area contributed by atoms with Crippen LogP contribution in [-0.4, -0.2) is 36.3 Å². The molecule has 1 fully saturated rings. The summed E-state index contributed by atoms with van der Waals surface area (Å²) in [7, 11) is -3.66. The molecule has 1 aliphatic rings. The summed E-state index contributed by atoms with van der Waals surface area (Å²) < 4.78 is 30.2. The van der Waals surface area contributed by atoms with E-state index in [0.29, 0.717) is 29.2 Å². The normalized spacial score (nSPS) is 18.0. The van der Waals surface area contributed by atoms with E-state index in [9.17, 15) is 13.2 Å². The number of halogens is 1. The van der Waals surface area contributed by atoms with E-state index in [0.717, 1.165) is 15.8 Å². The molecular formula is C23H22ClN3O3S2. The van der Waals surface area contributed by atoms with Gasteiger partial charge in [0.05, 0.1) is 27.6 Å². The summed E-state index contributed by atoms with van der Waals surface area (Å²) in [6.07, 6.45) is 6.71. The number of thiazole rings is 1. The third-order valence-corrected chi connectivity index (χ3v) is 8.65. The molecule has 1 saturated heterocycles. The average molecular weight is 488 g/mol. The first kappa shape index (κ1) is 22.7. The second-order valence-electron chi connectivity index (χ2n) is 7.75. The smallest absolute Gasteiger partial charge is 0.252 e. The van der Waals surface area contributed by atoms with Crippen molar-refractivity contribution in [1.82, 2.24) is 8.87 Å². The van der Waals surface area contributed by atoms with Gasteiger partial charge in [0, 0.05) is 18.1 Å². The standard InChI is InChI=1S/C23H22ClN3O3S2/c1-3-12-27-20-11-8-18(24)14-21(20)31-23(27)25-22(28)17-5-4-13-26(15-17)32(29,30)19-9-6-16(2)7-10-19/h1,6-11,14,17H,4-5,12-13,15H2,2H3. The van der Waals surface area contributed by atoms with E-state index >= 15 is 0 Å². The molecule has 1 aliphatic heterocycles. The first-order valence-electron chi connectivity index (χ1n) is 10.2. The lowest BCUT2D eigenvalue weighted by Gasteiger charge is -2.30. The molecule has 2 aromatic carbocycles. The molecule has 1 atom stereocenters. The third-order valence-electron chi connectivity index (χ3n) is 5.49. The highest BCUT2D eigenvalue weighted by Gasteiger charge is 2.33. The van der Waals surface area contributed by atoms with Gasteiger partial charge in [-0.2, -0.15) is 9.30 Å². The van der Waals surface area contributed by atoms with Gasteiger partial charge in [-0.15, -0.1) is 6.42 Å². The van der Waals surface area contributed by atoms with Crippen molar-refractivity contribution in [2.45, 2.75) is 31.2 Å². The molecule has 9 heteroatoms. The first-order valence-corrected chi connectivity index (χ1v) is 12.8. The molecule has 1 amide bonds. The average Bonchev–Trinajstić information content (AvgIpc) is 3.10. The van der Waals surface area contributed by atoms with Crippen molar-refractivity contribution in [3.8, 4) is 12.3 Å². The number of carbonyl (C=O) groups excluding carboxylic acids is 1. The van der Waals surface area contributed by atoms with Gasteiger partial charge in [-0.05, 0) is 50.1 Å². The van der Waals surface area contributed by atoms with Crippen molar-refractivity contribution < 1.29 is 13.2 Å². The Labute approximate surface area is 196 Å². The fraction of sp³-hybridized carbons (Fsp3) is 0.304. The Bertz CT molecular complexity index is 1380. The van der Waals surface area contributed by atoms with E-state index in [4.69, 9.17) is 18.0 Å². The molecule has 6 nitrogen and oxygen atoms in total. The number of terminal acetylenes is 1. The van der Waals surface area contributed by atoms with Gasteiger partial charge in [-0.3, -0.25) is 4.79 Å². The van der Waals surface area contributed by atoms with Crippen LogP contribution in [0.15, 0.2) is 52.4 Å². The zero-order valence-electron chi connectivity index (χ0n) is 17.5. The number of hydrogen-bond acceptors (Lipinski definition) is 4. The maximum atomic E-state index is 13.1.